The topological polar surface area (TPSA) is 22.1 Å². The second-order valence-corrected chi connectivity index (χ2v) is 3.51. The summed E-state index contributed by atoms with van der Waals surface area (Å²) < 4.78 is 5.11. The third-order valence-corrected chi connectivity index (χ3v) is 2.54. The van der Waals surface area contributed by atoms with E-state index in [9.17, 15) is 0 Å². The molecule has 0 saturated heterocycles. The minimum Gasteiger partial charge on any atom is -0.497 e. The molecule has 0 amide bonds. The number of pyridine rings is 1. The number of ether oxygens (including phenoxy) is 1. The Balaban J connectivity index is 2.70. The SMILES string of the molecule is COc1ccc2cc(C)c(Cl)nc2c1. The van der Waals surface area contributed by atoms with Gasteiger partial charge < -0.3 is 4.74 Å². The second kappa shape index (κ2) is 3.46. The van der Waals surface area contributed by atoms with Gasteiger partial charge in [-0.05, 0) is 30.7 Å². The summed E-state index contributed by atoms with van der Waals surface area (Å²) in [7, 11) is 1.64. The Morgan fingerprint density at radius 3 is 2.79 bits per heavy atom. The summed E-state index contributed by atoms with van der Waals surface area (Å²) in [4.78, 5) is 4.27. The van der Waals surface area contributed by atoms with Crippen LogP contribution in [-0.4, -0.2) is 12.1 Å². The van der Waals surface area contributed by atoms with Crippen molar-refractivity contribution in [2.24, 2.45) is 0 Å². The molecule has 2 rings (SSSR count). The summed E-state index contributed by atoms with van der Waals surface area (Å²) in [5.41, 5.74) is 1.85. The molecule has 0 aliphatic heterocycles. The molecule has 14 heavy (non-hydrogen) atoms. The minimum atomic E-state index is 0.547. The molecule has 0 atom stereocenters. The van der Waals surface area contributed by atoms with E-state index in [2.05, 4.69) is 4.98 Å². The molecule has 0 unspecified atom stereocenters. The van der Waals surface area contributed by atoms with Gasteiger partial charge >= 0.3 is 0 Å². The molecule has 2 aromatic rings. The van der Waals surface area contributed by atoms with Crippen LogP contribution in [0.1, 0.15) is 5.56 Å². The maximum absolute atomic E-state index is 5.93. The molecular weight excluding hydrogens is 198 g/mol. The van der Waals surface area contributed by atoms with Gasteiger partial charge in [0.2, 0.25) is 0 Å². The highest BCUT2D eigenvalue weighted by atomic mass is 35.5. The Morgan fingerprint density at radius 2 is 2.07 bits per heavy atom. The molecule has 0 aliphatic rings. The summed E-state index contributed by atoms with van der Waals surface area (Å²) >= 11 is 5.93. The molecule has 0 bridgehead atoms. The number of methoxy groups -OCH3 is 1. The number of benzene rings is 1. The zero-order valence-electron chi connectivity index (χ0n) is 8.04. The lowest BCUT2D eigenvalue weighted by atomic mass is 10.2. The number of nitrogens with zero attached hydrogens (tertiary/aromatic N) is 1. The summed E-state index contributed by atoms with van der Waals surface area (Å²) in [6.45, 7) is 1.94. The summed E-state index contributed by atoms with van der Waals surface area (Å²) in [6.07, 6.45) is 0. The van der Waals surface area contributed by atoms with E-state index < -0.39 is 0 Å². The molecule has 1 aromatic carbocycles. The van der Waals surface area contributed by atoms with E-state index in [0.29, 0.717) is 5.15 Å². The summed E-state index contributed by atoms with van der Waals surface area (Å²) in [6, 6.07) is 7.78. The average Bonchev–Trinajstić information content (AvgIpc) is 2.19. The van der Waals surface area contributed by atoms with Gasteiger partial charge in [0.05, 0.1) is 12.6 Å². The lowest BCUT2D eigenvalue weighted by molar-refractivity contribution is 0.415. The lowest BCUT2D eigenvalue weighted by Gasteiger charge is -2.03. The number of aryl methyl sites for hydroxylation is 1. The zero-order valence-corrected chi connectivity index (χ0v) is 8.80. The van der Waals surface area contributed by atoms with E-state index in [-0.39, 0.29) is 0 Å². The molecule has 2 nitrogen and oxygen atoms in total. The maximum atomic E-state index is 5.93. The third kappa shape index (κ3) is 1.53. The second-order valence-electron chi connectivity index (χ2n) is 3.15. The largest absolute Gasteiger partial charge is 0.497 e. The van der Waals surface area contributed by atoms with Crippen LogP contribution >= 0.6 is 11.6 Å². The van der Waals surface area contributed by atoms with Crippen molar-refractivity contribution in [3.63, 3.8) is 0 Å². The number of hydrogen-bond acceptors (Lipinski definition) is 2. The molecule has 1 aromatic heterocycles. The predicted molar refractivity (Wildman–Crippen MR) is 58.0 cm³/mol. The van der Waals surface area contributed by atoms with Crippen LogP contribution in [0, 0.1) is 6.92 Å². The zero-order chi connectivity index (χ0) is 10.1. The minimum absolute atomic E-state index is 0.547. The Kier molecular flexibility index (Phi) is 2.30. The Morgan fingerprint density at radius 1 is 1.29 bits per heavy atom. The molecule has 0 aliphatic carbocycles. The van der Waals surface area contributed by atoms with Crippen LogP contribution in [0.5, 0.6) is 5.75 Å². The highest BCUT2D eigenvalue weighted by Crippen LogP contribution is 2.23. The number of halogens is 1. The molecule has 0 radical (unpaired) electrons. The van der Waals surface area contributed by atoms with Crippen molar-refractivity contribution < 1.29 is 4.74 Å². The quantitative estimate of drug-likeness (QED) is 0.670. The molecule has 0 fully saturated rings. The van der Waals surface area contributed by atoms with Gasteiger partial charge in [-0.25, -0.2) is 4.98 Å². The fourth-order valence-electron chi connectivity index (χ4n) is 1.36. The van der Waals surface area contributed by atoms with Crippen molar-refractivity contribution in [2.45, 2.75) is 6.92 Å². The van der Waals surface area contributed by atoms with E-state index in [4.69, 9.17) is 16.3 Å². The predicted octanol–water partition coefficient (Wildman–Crippen LogP) is 3.21. The van der Waals surface area contributed by atoms with Crippen molar-refractivity contribution in [1.82, 2.24) is 4.98 Å². The first kappa shape index (κ1) is 9.28. The Hall–Kier alpha value is -1.28. The molecule has 0 saturated carbocycles. The highest BCUT2D eigenvalue weighted by Gasteiger charge is 2.01. The number of rotatable bonds is 1. The van der Waals surface area contributed by atoms with E-state index in [1.54, 1.807) is 7.11 Å². The van der Waals surface area contributed by atoms with Gasteiger partial charge in [-0.3, -0.25) is 0 Å². The van der Waals surface area contributed by atoms with Crippen molar-refractivity contribution >= 4 is 22.5 Å². The number of aromatic nitrogens is 1. The van der Waals surface area contributed by atoms with Gasteiger partial charge in [-0.1, -0.05) is 11.6 Å². The molecule has 72 valence electrons. The summed E-state index contributed by atoms with van der Waals surface area (Å²) in [5.74, 6) is 0.796. The lowest BCUT2D eigenvalue weighted by Crippen LogP contribution is -1.86. The van der Waals surface area contributed by atoms with Crippen molar-refractivity contribution in [3.05, 3.63) is 35.0 Å². The molecule has 0 spiro atoms. The van der Waals surface area contributed by atoms with Gasteiger partial charge in [0.15, 0.2) is 0 Å². The first-order chi connectivity index (χ1) is 6.70. The molecule has 0 N–H and O–H groups in total. The first-order valence-electron chi connectivity index (χ1n) is 4.31. The van der Waals surface area contributed by atoms with Gasteiger partial charge in [-0.2, -0.15) is 0 Å². The van der Waals surface area contributed by atoms with Gasteiger partial charge in [0, 0.05) is 11.5 Å². The van der Waals surface area contributed by atoms with Crippen molar-refractivity contribution in [3.8, 4) is 5.75 Å². The van der Waals surface area contributed by atoms with Gasteiger partial charge in [0.25, 0.3) is 0 Å². The fraction of sp³-hybridized carbons (Fsp3) is 0.182. The van der Waals surface area contributed by atoms with E-state index in [0.717, 1.165) is 22.2 Å². The van der Waals surface area contributed by atoms with Crippen LogP contribution in [0.4, 0.5) is 0 Å². The average molecular weight is 208 g/mol. The number of fused-ring (bicyclic) bond motifs is 1. The van der Waals surface area contributed by atoms with Crippen LogP contribution in [0.2, 0.25) is 5.15 Å². The standard InChI is InChI=1S/C11H10ClNO/c1-7-5-8-3-4-9(14-2)6-10(8)13-11(7)12/h3-6H,1-2H3. The maximum Gasteiger partial charge on any atom is 0.132 e. The van der Waals surface area contributed by atoms with Crippen molar-refractivity contribution in [1.29, 1.82) is 0 Å². The molecular formula is C11H10ClNO. The van der Waals surface area contributed by atoms with Crippen LogP contribution in [0.25, 0.3) is 10.9 Å². The van der Waals surface area contributed by atoms with Crippen LogP contribution in [0.3, 0.4) is 0 Å². The molecule has 3 heteroatoms. The highest BCUT2D eigenvalue weighted by molar-refractivity contribution is 6.30. The Bertz CT molecular complexity index is 482. The van der Waals surface area contributed by atoms with Crippen LogP contribution in [-0.2, 0) is 0 Å². The normalized spacial score (nSPS) is 10.5. The van der Waals surface area contributed by atoms with Gasteiger partial charge in [-0.15, -0.1) is 0 Å². The first-order valence-corrected chi connectivity index (χ1v) is 4.69. The third-order valence-electron chi connectivity index (χ3n) is 2.15. The van der Waals surface area contributed by atoms with E-state index in [1.165, 1.54) is 0 Å². The summed E-state index contributed by atoms with van der Waals surface area (Å²) in [5, 5.41) is 1.62. The molecule has 1 heterocycles. The number of hydrogen-bond donors (Lipinski definition) is 0. The fourth-order valence-corrected chi connectivity index (χ4v) is 1.50. The van der Waals surface area contributed by atoms with E-state index >= 15 is 0 Å². The monoisotopic (exact) mass is 207 g/mol. The van der Waals surface area contributed by atoms with E-state index in [1.807, 2.05) is 31.2 Å². The smallest absolute Gasteiger partial charge is 0.132 e. The Labute approximate surface area is 87.5 Å². The van der Waals surface area contributed by atoms with Crippen LogP contribution in [0.15, 0.2) is 24.3 Å². The van der Waals surface area contributed by atoms with Crippen molar-refractivity contribution in [2.75, 3.05) is 7.11 Å². The van der Waals surface area contributed by atoms with Crippen LogP contribution < -0.4 is 4.74 Å². The van der Waals surface area contributed by atoms with Gasteiger partial charge in [0.1, 0.15) is 10.9 Å².